The van der Waals surface area contributed by atoms with Gasteiger partial charge in [0.2, 0.25) is 0 Å². The standard InChI is InChI=1S/C6H9BN2O2S/c8-9-5-2-1-4(7(10)11)3-6(5)12/h1-3,9-12H,8H2. The molecule has 0 saturated carbocycles. The molecule has 0 aromatic heterocycles. The first-order valence-electron chi connectivity index (χ1n) is 3.31. The molecule has 0 aliphatic carbocycles. The molecule has 0 unspecified atom stereocenters. The van der Waals surface area contributed by atoms with Crippen molar-refractivity contribution in [2.45, 2.75) is 4.90 Å². The molecule has 0 radical (unpaired) electrons. The van der Waals surface area contributed by atoms with E-state index >= 15 is 0 Å². The Hall–Kier alpha value is -0.685. The molecular formula is C6H9BN2O2S. The normalized spacial score (nSPS) is 9.67. The number of benzene rings is 1. The number of nitrogens with one attached hydrogen (secondary N) is 1. The highest BCUT2D eigenvalue weighted by molar-refractivity contribution is 7.80. The number of hydrazine groups is 1. The van der Waals surface area contributed by atoms with E-state index in [1.54, 1.807) is 12.1 Å². The van der Waals surface area contributed by atoms with Crippen LogP contribution in [0.15, 0.2) is 23.1 Å². The molecule has 4 nitrogen and oxygen atoms in total. The number of nitrogen functional groups attached to an aromatic ring is 1. The zero-order valence-electron chi connectivity index (χ0n) is 6.23. The van der Waals surface area contributed by atoms with Gasteiger partial charge in [0.1, 0.15) is 0 Å². The van der Waals surface area contributed by atoms with Gasteiger partial charge in [0, 0.05) is 4.90 Å². The van der Waals surface area contributed by atoms with Crippen LogP contribution in [-0.4, -0.2) is 17.2 Å². The zero-order chi connectivity index (χ0) is 9.14. The van der Waals surface area contributed by atoms with Crippen molar-refractivity contribution >= 4 is 30.9 Å². The monoisotopic (exact) mass is 184 g/mol. The molecule has 0 bridgehead atoms. The first-order chi connectivity index (χ1) is 5.65. The van der Waals surface area contributed by atoms with E-state index in [4.69, 9.17) is 15.9 Å². The average molecular weight is 184 g/mol. The number of hydrogen-bond acceptors (Lipinski definition) is 5. The average Bonchev–Trinajstić information content (AvgIpc) is 2.04. The van der Waals surface area contributed by atoms with E-state index in [2.05, 4.69) is 18.1 Å². The van der Waals surface area contributed by atoms with Crippen molar-refractivity contribution in [3.63, 3.8) is 0 Å². The van der Waals surface area contributed by atoms with Crippen molar-refractivity contribution in [2.75, 3.05) is 5.43 Å². The van der Waals surface area contributed by atoms with Crippen molar-refractivity contribution in [1.29, 1.82) is 0 Å². The summed E-state index contributed by atoms with van der Waals surface area (Å²) < 4.78 is 0. The molecule has 1 rings (SSSR count). The van der Waals surface area contributed by atoms with Crippen LogP contribution in [0.5, 0.6) is 0 Å². The molecule has 64 valence electrons. The lowest BCUT2D eigenvalue weighted by Crippen LogP contribution is -2.29. The molecule has 5 N–H and O–H groups in total. The van der Waals surface area contributed by atoms with Gasteiger partial charge in [-0.1, -0.05) is 6.07 Å². The molecule has 0 heterocycles. The van der Waals surface area contributed by atoms with Crippen molar-refractivity contribution in [3.8, 4) is 0 Å². The van der Waals surface area contributed by atoms with Gasteiger partial charge in [0.25, 0.3) is 0 Å². The van der Waals surface area contributed by atoms with Crippen LogP contribution in [0.1, 0.15) is 0 Å². The first-order valence-corrected chi connectivity index (χ1v) is 3.75. The van der Waals surface area contributed by atoms with Gasteiger partial charge in [-0.15, -0.1) is 12.6 Å². The summed E-state index contributed by atoms with van der Waals surface area (Å²) in [5.41, 5.74) is 3.45. The van der Waals surface area contributed by atoms with Gasteiger partial charge < -0.3 is 15.5 Å². The fourth-order valence-corrected chi connectivity index (χ4v) is 1.12. The Balaban J connectivity index is 3.02. The minimum Gasteiger partial charge on any atom is -0.423 e. The molecule has 0 fully saturated rings. The topological polar surface area (TPSA) is 78.5 Å². The van der Waals surface area contributed by atoms with Gasteiger partial charge in [-0.25, -0.2) is 0 Å². The Kier molecular flexibility index (Phi) is 2.99. The molecular weight excluding hydrogens is 175 g/mol. The van der Waals surface area contributed by atoms with Gasteiger partial charge in [0.15, 0.2) is 0 Å². The predicted molar refractivity (Wildman–Crippen MR) is 51.3 cm³/mol. The van der Waals surface area contributed by atoms with Gasteiger partial charge in [-0.3, -0.25) is 5.84 Å². The van der Waals surface area contributed by atoms with E-state index in [-0.39, 0.29) is 0 Å². The van der Waals surface area contributed by atoms with Gasteiger partial charge in [0.05, 0.1) is 5.69 Å². The second-order valence-electron chi connectivity index (χ2n) is 2.29. The molecule has 1 aromatic rings. The number of anilines is 1. The Morgan fingerprint density at radius 1 is 1.42 bits per heavy atom. The summed E-state index contributed by atoms with van der Waals surface area (Å²) in [4.78, 5) is 0.572. The smallest absolute Gasteiger partial charge is 0.423 e. The lowest BCUT2D eigenvalue weighted by molar-refractivity contribution is 0.425. The number of hydrogen-bond donors (Lipinski definition) is 5. The third kappa shape index (κ3) is 1.92. The fourth-order valence-electron chi connectivity index (χ4n) is 0.831. The van der Waals surface area contributed by atoms with Crippen LogP contribution in [-0.2, 0) is 0 Å². The SMILES string of the molecule is NNc1ccc(B(O)O)cc1S. The maximum absolute atomic E-state index is 8.78. The van der Waals surface area contributed by atoms with Crippen LogP contribution in [0.3, 0.4) is 0 Å². The number of thiol groups is 1. The lowest BCUT2D eigenvalue weighted by Gasteiger charge is -2.05. The molecule has 12 heavy (non-hydrogen) atoms. The molecule has 0 amide bonds. The van der Waals surface area contributed by atoms with Crippen LogP contribution in [0.25, 0.3) is 0 Å². The predicted octanol–water partition coefficient (Wildman–Crippen LogP) is -1.06. The van der Waals surface area contributed by atoms with Crippen LogP contribution < -0.4 is 16.7 Å². The largest absolute Gasteiger partial charge is 0.488 e. The van der Waals surface area contributed by atoms with E-state index in [1.807, 2.05) is 0 Å². The Morgan fingerprint density at radius 2 is 2.08 bits per heavy atom. The third-order valence-corrected chi connectivity index (χ3v) is 1.85. The summed E-state index contributed by atoms with van der Waals surface area (Å²) in [5.74, 6) is 5.15. The Labute approximate surface area is 75.9 Å². The first kappa shape index (κ1) is 9.40. The van der Waals surface area contributed by atoms with Crippen molar-refractivity contribution in [2.24, 2.45) is 5.84 Å². The summed E-state index contributed by atoms with van der Waals surface area (Å²) in [7, 11) is -1.47. The van der Waals surface area contributed by atoms with E-state index < -0.39 is 7.12 Å². The second kappa shape index (κ2) is 3.82. The Morgan fingerprint density at radius 3 is 2.50 bits per heavy atom. The number of nitrogens with two attached hydrogens (primary N) is 1. The van der Waals surface area contributed by atoms with Crippen molar-refractivity contribution in [3.05, 3.63) is 18.2 Å². The van der Waals surface area contributed by atoms with Crippen LogP contribution in [0, 0.1) is 0 Å². The van der Waals surface area contributed by atoms with E-state index in [0.717, 1.165) is 0 Å². The van der Waals surface area contributed by atoms with Crippen LogP contribution in [0.4, 0.5) is 5.69 Å². The molecule has 6 heteroatoms. The third-order valence-electron chi connectivity index (χ3n) is 1.48. The molecule has 0 aliphatic rings. The van der Waals surface area contributed by atoms with Gasteiger partial charge in [-0.2, -0.15) is 0 Å². The molecule has 0 spiro atoms. The molecule has 0 aliphatic heterocycles. The maximum atomic E-state index is 8.78. The zero-order valence-corrected chi connectivity index (χ0v) is 7.12. The van der Waals surface area contributed by atoms with E-state index in [9.17, 15) is 0 Å². The van der Waals surface area contributed by atoms with Crippen molar-refractivity contribution in [1.82, 2.24) is 0 Å². The van der Waals surface area contributed by atoms with Crippen LogP contribution in [0.2, 0.25) is 0 Å². The minimum absolute atomic E-state index is 0.388. The second-order valence-corrected chi connectivity index (χ2v) is 2.78. The maximum Gasteiger partial charge on any atom is 0.488 e. The minimum atomic E-state index is -1.47. The lowest BCUT2D eigenvalue weighted by atomic mass is 9.80. The van der Waals surface area contributed by atoms with Gasteiger partial charge in [-0.05, 0) is 17.6 Å². The summed E-state index contributed by atoms with van der Waals surface area (Å²) in [6.07, 6.45) is 0. The summed E-state index contributed by atoms with van der Waals surface area (Å²) >= 11 is 4.08. The quantitative estimate of drug-likeness (QED) is 0.176. The highest BCUT2D eigenvalue weighted by atomic mass is 32.1. The van der Waals surface area contributed by atoms with E-state index in [1.165, 1.54) is 6.07 Å². The molecule has 0 saturated heterocycles. The van der Waals surface area contributed by atoms with Gasteiger partial charge >= 0.3 is 7.12 Å². The Bertz CT molecular complexity index is 282. The molecule has 1 aromatic carbocycles. The molecule has 0 atom stereocenters. The fraction of sp³-hybridized carbons (Fsp3) is 0. The summed E-state index contributed by atoms with van der Waals surface area (Å²) in [6.45, 7) is 0. The van der Waals surface area contributed by atoms with Crippen molar-refractivity contribution < 1.29 is 10.0 Å². The number of rotatable bonds is 2. The van der Waals surface area contributed by atoms with E-state index in [0.29, 0.717) is 16.0 Å². The van der Waals surface area contributed by atoms with Crippen LogP contribution >= 0.6 is 12.6 Å². The highest BCUT2D eigenvalue weighted by Crippen LogP contribution is 2.15. The summed E-state index contributed by atoms with van der Waals surface area (Å²) in [5, 5.41) is 17.6. The highest BCUT2D eigenvalue weighted by Gasteiger charge is 2.11. The summed E-state index contributed by atoms with van der Waals surface area (Å²) in [6, 6.07) is 4.71.